The largest absolute Gasteiger partial charge is 0.390 e. The molecule has 1 unspecified atom stereocenters. The van der Waals surface area contributed by atoms with E-state index in [0.717, 1.165) is 17.5 Å². The molecular formula is C15H19NO4S. The Kier molecular flexibility index (Phi) is 3.75. The van der Waals surface area contributed by atoms with Gasteiger partial charge in [0.1, 0.15) is 5.25 Å². The summed E-state index contributed by atoms with van der Waals surface area (Å²) in [5.41, 5.74) is 1.88. The number of hydrogen-bond acceptors (Lipinski definition) is 4. The van der Waals surface area contributed by atoms with Crippen LogP contribution < -0.4 is 5.32 Å². The number of benzene rings is 1. The molecule has 0 saturated carbocycles. The molecule has 1 aliphatic heterocycles. The Bertz CT molecular complexity index is 655. The number of fused-ring (bicyclic) bond motifs is 1. The van der Waals surface area contributed by atoms with Crippen molar-refractivity contribution in [3.05, 3.63) is 35.4 Å². The number of carbonyl (C=O) groups is 1. The molecule has 1 saturated heterocycles. The second kappa shape index (κ2) is 5.42. The van der Waals surface area contributed by atoms with Crippen molar-refractivity contribution in [3.8, 4) is 0 Å². The fourth-order valence-electron chi connectivity index (χ4n) is 3.24. The molecule has 0 spiro atoms. The van der Waals surface area contributed by atoms with Crippen molar-refractivity contribution in [1.29, 1.82) is 0 Å². The number of aliphatic hydroxyl groups excluding tert-OH is 1. The van der Waals surface area contributed by atoms with E-state index in [1.54, 1.807) is 0 Å². The van der Waals surface area contributed by atoms with Gasteiger partial charge in [-0.3, -0.25) is 4.79 Å². The first-order valence-electron chi connectivity index (χ1n) is 7.27. The van der Waals surface area contributed by atoms with E-state index in [0.29, 0.717) is 19.3 Å². The van der Waals surface area contributed by atoms with Gasteiger partial charge in [0.05, 0.1) is 17.9 Å². The Labute approximate surface area is 124 Å². The molecule has 1 amide bonds. The lowest BCUT2D eigenvalue weighted by molar-refractivity contribution is -0.122. The third-order valence-electron chi connectivity index (χ3n) is 4.37. The summed E-state index contributed by atoms with van der Waals surface area (Å²) in [6, 6.07) is 7.02. The first-order valence-corrected chi connectivity index (χ1v) is 8.98. The molecule has 0 bridgehead atoms. The van der Waals surface area contributed by atoms with Crippen LogP contribution in [0.3, 0.4) is 0 Å². The summed E-state index contributed by atoms with van der Waals surface area (Å²) in [6.07, 6.45) is 1.54. The average molecular weight is 309 g/mol. The Morgan fingerprint density at radius 1 is 1.24 bits per heavy atom. The molecule has 21 heavy (non-hydrogen) atoms. The number of hydrogen-bond donors (Lipinski definition) is 2. The van der Waals surface area contributed by atoms with Crippen molar-refractivity contribution in [2.75, 3.05) is 5.75 Å². The minimum Gasteiger partial charge on any atom is -0.390 e. The maximum Gasteiger partial charge on any atom is 0.238 e. The third kappa shape index (κ3) is 2.70. The average Bonchev–Trinajstić information content (AvgIpc) is 2.74. The molecule has 6 heteroatoms. The van der Waals surface area contributed by atoms with Crippen LogP contribution in [-0.2, 0) is 21.1 Å². The van der Waals surface area contributed by atoms with Crippen LogP contribution in [0.5, 0.6) is 0 Å². The van der Waals surface area contributed by atoms with E-state index in [9.17, 15) is 18.3 Å². The molecule has 0 aromatic heterocycles. The van der Waals surface area contributed by atoms with Crippen LogP contribution >= 0.6 is 0 Å². The summed E-state index contributed by atoms with van der Waals surface area (Å²) in [6.45, 7) is 0. The summed E-state index contributed by atoms with van der Waals surface area (Å²) in [7, 11) is -3.35. The lowest BCUT2D eigenvalue weighted by Crippen LogP contribution is -2.45. The van der Waals surface area contributed by atoms with Crippen molar-refractivity contribution >= 4 is 15.7 Å². The van der Waals surface area contributed by atoms with Crippen molar-refractivity contribution in [2.24, 2.45) is 0 Å². The zero-order chi connectivity index (χ0) is 15.0. The first-order chi connectivity index (χ1) is 9.99. The Balaban J connectivity index is 1.79. The summed E-state index contributed by atoms with van der Waals surface area (Å²) in [5.74, 6) is -0.398. The topological polar surface area (TPSA) is 83.5 Å². The third-order valence-corrected chi connectivity index (χ3v) is 6.55. The van der Waals surface area contributed by atoms with Crippen LogP contribution in [0.2, 0.25) is 0 Å². The number of rotatable bonds is 2. The molecule has 2 aliphatic rings. The van der Waals surface area contributed by atoms with E-state index in [-0.39, 0.29) is 5.75 Å². The Morgan fingerprint density at radius 3 is 2.76 bits per heavy atom. The normalized spacial score (nSPS) is 30.6. The molecule has 5 nitrogen and oxygen atoms in total. The second-order valence-electron chi connectivity index (χ2n) is 5.81. The van der Waals surface area contributed by atoms with Gasteiger partial charge < -0.3 is 10.4 Å². The number of amides is 1. The van der Waals surface area contributed by atoms with E-state index in [1.165, 1.54) is 0 Å². The molecular weight excluding hydrogens is 290 g/mol. The summed E-state index contributed by atoms with van der Waals surface area (Å²) in [5, 5.41) is 11.9. The smallest absolute Gasteiger partial charge is 0.238 e. The van der Waals surface area contributed by atoms with Gasteiger partial charge in [-0.25, -0.2) is 8.42 Å². The number of nitrogens with one attached hydrogen (secondary N) is 1. The zero-order valence-electron chi connectivity index (χ0n) is 11.7. The van der Waals surface area contributed by atoms with Crippen LogP contribution in [0, 0.1) is 0 Å². The predicted molar refractivity (Wildman–Crippen MR) is 78.5 cm³/mol. The summed E-state index contributed by atoms with van der Waals surface area (Å²) < 4.78 is 24.0. The fourth-order valence-corrected chi connectivity index (χ4v) is 5.05. The van der Waals surface area contributed by atoms with Crippen LogP contribution in [0.15, 0.2) is 24.3 Å². The molecule has 1 aromatic carbocycles. The van der Waals surface area contributed by atoms with Gasteiger partial charge in [0.25, 0.3) is 0 Å². The highest BCUT2D eigenvalue weighted by atomic mass is 32.2. The van der Waals surface area contributed by atoms with Crippen LogP contribution in [0.25, 0.3) is 0 Å². The Hall–Kier alpha value is -1.40. The van der Waals surface area contributed by atoms with Gasteiger partial charge >= 0.3 is 0 Å². The standard InChI is InChI=1S/C15H19NO4S/c17-12-9-10-5-1-2-6-11(10)14(12)16-15(18)13-7-3-4-8-21(13,19)20/h1-2,5-6,12-14,17H,3-4,7-9H2,(H,16,18)/t12-,13?,14+/m0/s1. The van der Waals surface area contributed by atoms with Gasteiger partial charge in [-0.05, 0) is 24.0 Å². The fraction of sp³-hybridized carbons (Fsp3) is 0.533. The van der Waals surface area contributed by atoms with E-state index >= 15 is 0 Å². The second-order valence-corrected chi connectivity index (χ2v) is 8.11. The molecule has 114 valence electrons. The van der Waals surface area contributed by atoms with E-state index < -0.39 is 33.1 Å². The maximum absolute atomic E-state index is 12.3. The lowest BCUT2D eigenvalue weighted by atomic mass is 10.1. The van der Waals surface area contributed by atoms with Crippen molar-refractivity contribution in [2.45, 2.75) is 43.1 Å². The number of aliphatic hydroxyl groups is 1. The highest BCUT2D eigenvalue weighted by Crippen LogP contribution is 2.32. The minimum atomic E-state index is -3.35. The highest BCUT2D eigenvalue weighted by molar-refractivity contribution is 7.92. The number of carbonyl (C=O) groups excluding carboxylic acids is 1. The summed E-state index contributed by atoms with van der Waals surface area (Å²) >= 11 is 0. The molecule has 1 heterocycles. The maximum atomic E-state index is 12.3. The molecule has 2 N–H and O–H groups in total. The van der Waals surface area contributed by atoms with E-state index in [2.05, 4.69) is 5.32 Å². The van der Waals surface area contributed by atoms with Gasteiger partial charge in [-0.1, -0.05) is 30.7 Å². The molecule has 3 atom stereocenters. The number of sulfone groups is 1. The van der Waals surface area contributed by atoms with Gasteiger partial charge in [0, 0.05) is 6.42 Å². The van der Waals surface area contributed by atoms with Gasteiger partial charge in [0.2, 0.25) is 5.91 Å². The highest BCUT2D eigenvalue weighted by Gasteiger charge is 2.38. The zero-order valence-corrected chi connectivity index (χ0v) is 12.5. The van der Waals surface area contributed by atoms with Crippen molar-refractivity contribution in [1.82, 2.24) is 5.32 Å². The van der Waals surface area contributed by atoms with Crippen molar-refractivity contribution in [3.63, 3.8) is 0 Å². The van der Waals surface area contributed by atoms with Crippen LogP contribution in [0.1, 0.15) is 36.4 Å². The molecule has 1 fully saturated rings. The lowest BCUT2D eigenvalue weighted by Gasteiger charge is -2.25. The quantitative estimate of drug-likeness (QED) is 0.843. The van der Waals surface area contributed by atoms with E-state index in [4.69, 9.17) is 0 Å². The monoisotopic (exact) mass is 309 g/mol. The van der Waals surface area contributed by atoms with Gasteiger partial charge in [-0.15, -0.1) is 0 Å². The SMILES string of the molecule is O=C(N[C@@H]1c2ccccc2C[C@@H]1O)C1CCCCS1(=O)=O. The van der Waals surface area contributed by atoms with E-state index in [1.807, 2.05) is 24.3 Å². The molecule has 3 rings (SSSR count). The molecule has 0 radical (unpaired) electrons. The van der Waals surface area contributed by atoms with Gasteiger partial charge in [0.15, 0.2) is 9.84 Å². The minimum absolute atomic E-state index is 0.0783. The first kappa shape index (κ1) is 14.5. The van der Waals surface area contributed by atoms with Crippen LogP contribution in [-0.4, -0.2) is 36.5 Å². The predicted octanol–water partition coefficient (Wildman–Crippen LogP) is 0.728. The molecule has 1 aliphatic carbocycles. The summed E-state index contributed by atoms with van der Waals surface area (Å²) in [4.78, 5) is 12.3. The van der Waals surface area contributed by atoms with Crippen molar-refractivity contribution < 1.29 is 18.3 Å². The molecule has 1 aromatic rings. The Morgan fingerprint density at radius 2 is 2.00 bits per heavy atom. The van der Waals surface area contributed by atoms with Crippen LogP contribution in [0.4, 0.5) is 0 Å². The van der Waals surface area contributed by atoms with Gasteiger partial charge in [-0.2, -0.15) is 0 Å².